The molecule has 0 bridgehead atoms. The minimum Gasteiger partial charge on any atom is -0.497 e. The molecule has 1 aromatic heterocycles. The van der Waals surface area contributed by atoms with E-state index in [0.717, 1.165) is 17.0 Å². The molecule has 0 saturated carbocycles. The predicted octanol–water partition coefficient (Wildman–Crippen LogP) is 3.82. The van der Waals surface area contributed by atoms with Gasteiger partial charge in [-0.3, -0.25) is 9.36 Å². The van der Waals surface area contributed by atoms with E-state index in [1.165, 1.54) is 11.8 Å². The molecule has 0 fully saturated rings. The Morgan fingerprint density at radius 2 is 1.85 bits per heavy atom. The van der Waals surface area contributed by atoms with Crippen molar-refractivity contribution in [3.8, 4) is 22.8 Å². The van der Waals surface area contributed by atoms with Crippen LogP contribution < -0.4 is 10.1 Å². The predicted molar refractivity (Wildman–Crippen MR) is 108 cm³/mol. The van der Waals surface area contributed by atoms with Gasteiger partial charge in [-0.15, -0.1) is 10.2 Å². The number of nitrogens with one attached hydrogen (secondary N) is 1. The van der Waals surface area contributed by atoms with Crippen LogP contribution in [0.15, 0.2) is 53.7 Å². The SMILES string of the molecule is CCNC(=O)CSc1nnc(-c2ccc(OC)cc2)n1-c1ccc(Cl)cc1. The van der Waals surface area contributed by atoms with Gasteiger partial charge in [0.25, 0.3) is 0 Å². The Hall–Kier alpha value is -2.51. The lowest BCUT2D eigenvalue weighted by atomic mass is 10.2. The zero-order valence-electron chi connectivity index (χ0n) is 15.0. The normalized spacial score (nSPS) is 10.6. The van der Waals surface area contributed by atoms with Gasteiger partial charge in [-0.1, -0.05) is 23.4 Å². The third-order valence-electron chi connectivity index (χ3n) is 3.77. The molecular weight excluding hydrogens is 384 g/mol. The number of amides is 1. The van der Waals surface area contributed by atoms with Crippen molar-refractivity contribution in [1.82, 2.24) is 20.1 Å². The van der Waals surface area contributed by atoms with Crippen molar-refractivity contribution in [3.63, 3.8) is 0 Å². The van der Waals surface area contributed by atoms with Gasteiger partial charge in [-0.05, 0) is 55.5 Å². The molecule has 1 N–H and O–H groups in total. The molecule has 0 aliphatic heterocycles. The van der Waals surface area contributed by atoms with E-state index < -0.39 is 0 Å². The van der Waals surface area contributed by atoms with Gasteiger partial charge in [0, 0.05) is 22.8 Å². The highest BCUT2D eigenvalue weighted by atomic mass is 35.5. The first-order valence-corrected chi connectivity index (χ1v) is 9.74. The first-order chi connectivity index (χ1) is 13.1. The molecule has 0 unspecified atom stereocenters. The molecule has 0 aliphatic carbocycles. The lowest BCUT2D eigenvalue weighted by molar-refractivity contribution is -0.118. The van der Waals surface area contributed by atoms with Gasteiger partial charge in [0.15, 0.2) is 11.0 Å². The number of rotatable bonds is 7. The van der Waals surface area contributed by atoms with Crippen LogP contribution in [0.25, 0.3) is 17.1 Å². The van der Waals surface area contributed by atoms with E-state index >= 15 is 0 Å². The van der Waals surface area contributed by atoms with Crippen LogP contribution >= 0.6 is 23.4 Å². The summed E-state index contributed by atoms with van der Waals surface area (Å²) < 4.78 is 7.14. The molecule has 3 rings (SSSR count). The summed E-state index contributed by atoms with van der Waals surface area (Å²) in [6.07, 6.45) is 0. The van der Waals surface area contributed by atoms with Crippen LogP contribution in [-0.2, 0) is 4.79 Å². The summed E-state index contributed by atoms with van der Waals surface area (Å²) in [4.78, 5) is 11.8. The number of ether oxygens (including phenoxy) is 1. The van der Waals surface area contributed by atoms with Crippen LogP contribution in [-0.4, -0.2) is 40.1 Å². The van der Waals surface area contributed by atoms with Gasteiger partial charge in [0.05, 0.1) is 12.9 Å². The van der Waals surface area contributed by atoms with Crippen LogP contribution in [0.2, 0.25) is 5.02 Å². The fraction of sp³-hybridized carbons (Fsp3) is 0.211. The van der Waals surface area contributed by atoms with Crippen LogP contribution in [0.1, 0.15) is 6.92 Å². The fourth-order valence-corrected chi connectivity index (χ4v) is 3.40. The summed E-state index contributed by atoms with van der Waals surface area (Å²) in [6, 6.07) is 15.0. The van der Waals surface area contributed by atoms with Crippen molar-refractivity contribution in [2.24, 2.45) is 0 Å². The molecule has 0 radical (unpaired) electrons. The van der Waals surface area contributed by atoms with E-state index in [4.69, 9.17) is 16.3 Å². The number of benzene rings is 2. The Morgan fingerprint density at radius 1 is 1.15 bits per heavy atom. The van der Waals surface area contributed by atoms with Crippen molar-refractivity contribution in [3.05, 3.63) is 53.6 Å². The number of hydrogen-bond acceptors (Lipinski definition) is 5. The second kappa shape index (κ2) is 8.92. The van der Waals surface area contributed by atoms with E-state index in [-0.39, 0.29) is 11.7 Å². The molecule has 8 heteroatoms. The number of carbonyl (C=O) groups excluding carboxylic acids is 1. The van der Waals surface area contributed by atoms with Crippen molar-refractivity contribution in [2.45, 2.75) is 12.1 Å². The first-order valence-electron chi connectivity index (χ1n) is 8.37. The average molecular weight is 403 g/mol. The minimum atomic E-state index is -0.0425. The van der Waals surface area contributed by atoms with Crippen molar-refractivity contribution < 1.29 is 9.53 Å². The number of aromatic nitrogens is 3. The quantitative estimate of drug-likeness (QED) is 0.608. The van der Waals surface area contributed by atoms with Crippen LogP contribution in [0, 0.1) is 0 Å². The van der Waals surface area contributed by atoms with Gasteiger partial charge in [-0.2, -0.15) is 0 Å². The monoisotopic (exact) mass is 402 g/mol. The summed E-state index contributed by atoms with van der Waals surface area (Å²) in [5, 5.41) is 12.7. The van der Waals surface area contributed by atoms with Gasteiger partial charge >= 0.3 is 0 Å². The summed E-state index contributed by atoms with van der Waals surface area (Å²) in [6.45, 7) is 2.49. The van der Waals surface area contributed by atoms with Gasteiger partial charge in [0.2, 0.25) is 5.91 Å². The maximum absolute atomic E-state index is 11.8. The molecule has 6 nitrogen and oxygen atoms in total. The number of thioether (sulfide) groups is 1. The number of nitrogens with zero attached hydrogens (tertiary/aromatic N) is 3. The molecule has 2 aromatic carbocycles. The van der Waals surface area contributed by atoms with Crippen molar-refractivity contribution in [1.29, 1.82) is 0 Å². The third kappa shape index (κ3) is 4.61. The largest absolute Gasteiger partial charge is 0.497 e. The smallest absolute Gasteiger partial charge is 0.230 e. The molecule has 140 valence electrons. The Bertz CT molecular complexity index is 910. The van der Waals surface area contributed by atoms with E-state index in [9.17, 15) is 4.79 Å². The first kappa shape index (κ1) is 19.3. The maximum atomic E-state index is 11.8. The molecule has 27 heavy (non-hydrogen) atoms. The fourth-order valence-electron chi connectivity index (χ4n) is 2.49. The minimum absolute atomic E-state index is 0.0425. The summed E-state index contributed by atoms with van der Waals surface area (Å²) >= 11 is 7.36. The average Bonchev–Trinajstić information content (AvgIpc) is 3.11. The summed E-state index contributed by atoms with van der Waals surface area (Å²) in [5.74, 6) is 1.67. The third-order valence-corrected chi connectivity index (χ3v) is 4.95. The number of carbonyl (C=O) groups is 1. The van der Waals surface area contributed by atoms with E-state index in [2.05, 4.69) is 15.5 Å². The van der Waals surface area contributed by atoms with Gasteiger partial charge < -0.3 is 10.1 Å². The standard InChI is InChI=1S/C19H19ClN4O2S/c1-3-21-17(25)12-27-19-23-22-18(13-4-10-16(26-2)11-5-13)24(19)15-8-6-14(20)7-9-15/h4-11H,3,12H2,1-2H3,(H,21,25). The Balaban J connectivity index is 1.99. The lowest BCUT2D eigenvalue weighted by Gasteiger charge is -2.11. The topological polar surface area (TPSA) is 69.0 Å². The molecule has 0 saturated heterocycles. The Kier molecular flexibility index (Phi) is 6.36. The van der Waals surface area contributed by atoms with Crippen LogP contribution in [0.5, 0.6) is 5.75 Å². The Labute approximate surface area is 166 Å². The molecule has 0 aliphatic rings. The Morgan fingerprint density at radius 3 is 2.48 bits per heavy atom. The van der Waals surface area contributed by atoms with Crippen LogP contribution in [0.4, 0.5) is 0 Å². The zero-order valence-corrected chi connectivity index (χ0v) is 16.5. The molecule has 0 spiro atoms. The number of halogens is 1. The lowest BCUT2D eigenvalue weighted by Crippen LogP contribution is -2.24. The maximum Gasteiger partial charge on any atom is 0.230 e. The van der Waals surface area contributed by atoms with E-state index in [0.29, 0.717) is 22.5 Å². The highest BCUT2D eigenvalue weighted by Crippen LogP contribution is 2.29. The highest BCUT2D eigenvalue weighted by molar-refractivity contribution is 7.99. The number of methoxy groups -OCH3 is 1. The molecule has 0 atom stereocenters. The molecule has 1 heterocycles. The number of hydrogen-bond donors (Lipinski definition) is 1. The molecular formula is C19H19ClN4O2S. The summed E-state index contributed by atoms with van der Waals surface area (Å²) in [5.41, 5.74) is 1.76. The van der Waals surface area contributed by atoms with E-state index in [1.54, 1.807) is 7.11 Å². The molecule has 1 amide bonds. The van der Waals surface area contributed by atoms with Crippen LogP contribution in [0.3, 0.4) is 0 Å². The van der Waals surface area contributed by atoms with Gasteiger partial charge in [0.1, 0.15) is 5.75 Å². The summed E-state index contributed by atoms with van der Waals surface area (Å²) in [7, 11) is 1.63. The highest BCUT2D eigenvalue weighted by Gasteiger charge is 2.17. The van der Waals surface area contributed by atoms with Crippen molar-refractivity contribution >= 4 is 29.3 Å². The van der Waals surface area contributed by atoms with Crippen molar-refractivity contribution in [2.75, 3.05) is 19.4 Å². The molecule has 3 aromatic rings. The second-order valence-corrected chi connectivity index (χ2v) is 6.97. The van der Waals surface area contributed by atoms with E-state index in [1.807, 2.05) is 60.0 Å². The second-order valence-electron chi connectivity index (χ2n) is 5.59. The zero-order chi connectivity index (χ0) is 19.2. The van der Waals surface area contributed by atoms with Gasteiger partial charge in [-0.25, -0.2) is 0 Å².